The second-order valence-corrected chi connectivity index (χ2v) is 13.5. The lowest BCUT2D eigenvalue weighted by molar-refractivity contribution is 0.118. The van der Waals surface area contributed by atoms with Crippen molar-refractivity contribution in [2.45, 2.75) is 70.6 Å². The van der Waals surface area contributed by atoms with Gasteiger partial charge in [-0.2, -0.15) is 0 Å². The normalized spacial score (nSPS) is 22.4. The molecule has 0 amide bonds. The number of rotatable bonds is 9. The van der Waals surface area contributed by atoms with Crippen LogP contribution in [0.25, 0.3) is 32.4 Å². The molecule has 0 N–H and O–H groups in total. The van der Waals surface area contributed by atoms with E-state index < -0.39 is 0 Å². The number of fused-ring (bicyclic) bond motifs is 4. The quantitative estimate of drug-likeness (QED) is 0.170. The minimum atomic E-state index is 0.862. The monoisotopic (exact) mass is 555 g/mol. The van der Waals surface area contributed by atoms with Gasteiger partial charge in [0.05, 0.1) is 5.52 Å². The van der Waals surface area contributed by atoms with E-state index in [1.165, 1.54) is 85.8 Å². The molecule has 2 unspecified atom stereocenters. The Hall–Kier alpha value is -3.46. The number of aryl methyl sites for hydroxylation is 1. The van der Waals surface area contributed by atoms with Gasteiger partial charge in [0, 0.05) is 25.9 Å². The van der Waals surface area contributed by atoms with Gasteiger partial charge in [-0.15, -0.1) is 0 Å². The standard InChI is InChI=1S/C39H45N3/c1-42(2)39-36-15-7-8-16-37(36)40-38(41-39)17-9-10-27-18-20-28(21-19-27)24-29-22-23-30(29)25-32-26-31-11-3-4-12-33(31)35-14-6-5-13-34(32)35/h3-8,11-16,26-30H,9-10,17-25H2,1-2H3. The van der Waals surface area contributed by atoms with Crippen molar-refractivity contribution < 1.29 is 0 Å². The van der Waals surface area contributed by atoms with E-state index in [9.17, 15) is 0 Å². The van der Waals surface area contributed by atoms with E-state index >= 15 is 0 Å². The zero-order valence-corrected chi connectivity index (χ0v) is 25.4. The summed E-state index contributed by atoms with van der Waals surface area (Å²) in [6, 6.07) is 28.9. The highest BCUT2D eigenvalue weighted by atomic mass is 15.1. The average molecular weight is 556 g/mol. The lowest BCUT2D eigenvalue weighted by Gasteiger charge is -2.41. The topological polar surface area (TPSA) is 29.0 Å². The van der Waals surface area contributed by atoms with Gasteiger partial charge < -0.3 is 4.90 Å². The van der Waals surface area contributed by atoms with E-state index in [0.717, 1.165) is 52.6 Å². The molecule has 7 rings (SSSR count). The van der Waals surface area contributed by atoms with Crippen molar-refractivity contribution in [3.05, 3.63) is 90.3 Å². The maximum atomic E-state index is 4.93. The molecule has 0 bridgehead atoms. The second-order valence-electron chi connectivity index (χ2n) is 13.5. The first-order chi connectivity index (χ1) is 20.6. The molecule has 1 aromatic heterocycles. The Morgan fingerprint density at radius 1 is 0.667 bits per heavy atom. The van der Waals surface area contributed by atoms with Gasteiger partial charge in [-0.3, -0.25) is 0 Å². The number of aromatic nitrogens is 2. The molecule has 4 aromatic carbocycles. The first-order valence-electron chi connectivity index (χ1n) is 16.4. The first kappa shape index (κ1) is 27.4. The summed E-state index contributed by atoms with van der Waals surface area (Å²) < 4.78 is 0. The van der Waals surface area contributed by atoms with Crippen LogP contribution in [-0.4, -0.2) is 24.1 Å². The highest BCUT2D eigenvalue weighted by molar-refractivity contribution is 6.08. The summed E-state index contributed by atoms with van der Waals surface area (Å²) in [7, 11) is 4.16. The van der Waals surface area contributed by atoms with E-state index in [2.05, 4.69) is 97.9 Å². The van der Waals surface area contributed by atoms with Crippen LogP contribution in [0, 0.1) is 23.7 Å². The Bertz CT molecular complexity index is 1680. The SMILES string of the molecule is CN(C)c1nc(CCCC2CCC(CC3CCC3Cc3cc4ccccc4c4ccccc34)CC2)nc2ccccc12. The number of hydrogen-bond acceptors (Lipinski definition) is 3. The fraction of sp³-hybridized carbons (Fsp3) is 0.436. The van der Waals surface area contributed by atoms with Crippen LogP contribution in [0.1, 0.15) is 69.2 Å². The van der Waals surface area contributed by atoms with Crippen LogP contribution >= 0.6 is 0 Å². The predicted octanol–water partition coefficient (Wildman–Crippen LogP) is 9.79. The van der Waals surface area contributed by atoms with Crippen molar-refractivity contribution in [2.75, 3.05) is 19.0 Å². The molecule has 0 saturated heterocycles. The third-order valence-corrected chi connectivity index (χ3v) is 10.6. The predicted molar refractivity (Wildman–Crippen MR) is 178 cm³/mol. The molecule has 1 heterocycles. The highest BCUT2D eigenvalue weighted by Crippen LogP contribution is 2.45. The molecule has 2 saturated carbocycles. The average Bonchev–Trinajstić information content (AvgIpc) is 3.02. The van der Waals surface area contributed by atoms with Crippen LogP contribution in [0.15, 0.2) is 78.9 Å². The van der Waals surface area contributed by atoms with E-state index in [-0.39, 0.29) is 0 Å². The number of benzene rings is 4. The molecule has 2 aliphatic carbocycles. The molecular weight excluding hydrogens is 510 g/mol. The van der Waals surface area contributed by atoms with Crippen LogP contribution in [0.2, 0.25) is 0 Å². The molecule has 0 radical (unpaired) electrons. The smallest absolute Gasteiger partial charge is 0.139 e. The molecule has 3 nitrogen and oxygen atoms in total. The van der Waals surface area contributed by atoms with Crippen molar-refractivity contribution in [3.63, 3.8) is 0 Å². The van der Waals surface area contributed by atoms with E-state index in [4.69, 9.17) is 9.97 Å². The third-order valence-electron chi connectivity index (χ3n) is 10.6. The summed E-state index contributed by atoms with van der Waals surface area (Å²) in [5.41, 5.74) is 2.63. The minimum absolute atomic E-state index is 0.862. The zero-order chi connectivity index (χ0) is 28.5. The summed E-state index contributed by atoms with van der Waals surface area (Å²) in [6.45, 7) is 0. The van der Waals surface area contributed by atoms with E-state index in [1.807, 2.05) is 0 Å². The third kappa shape index (κ3) is 5.63. The van der Waals surface area contributed by atoms with Crippen molar-refractivity contribution in [3.8, 4) is 0 Å². The molecule has 216 valence electrons. The van der Waals surface area contributed by atoms with Crippen LogP contribution in [-0.2, 0) is 12.8 Å². The number of hydrogen-bond donors (Lipinski definition) is 0. The van der Waals surface area contributed by atoms with Gasteiger partial charge in [0.2, 0.25) is 0 Å². The Labute approximate surface area is 251 Å². The molecule has 2 atom stereocenters. The number of para-hydroxylation sites is 1. The summed E-state index contributed by atoms with van der Waals surface area (Å²) >= 11 is 0. The fourth-order valence-corrected chi connectivity index (χ4v) is 8.09. The van der Waals surface area contributed by atoms with Crippen LogP contribution in [0.5, 0.6) is 0 Å². The first-order valence-corrected chi connectivity index (χ1v) is 16.4. The van der Waals surface area contributed by atoms with Crippen molar-refractivity contribution in [2.24, 2.45) is 23.7 Å². The van der Waals surface area contributed by atoms with Crippen molar-refractivity contribution in [1.29, 1.82) is 0 Å². The number of anilines is 1. The second kappa shape index (κ2) is 12.0. The van der Waals surface area contributed by atoms with Crippen molar-refractivity contribution >= 4 is 38.3 Å². The minimum Gasteiger partial charge on any atom is -0.362 e. The van der Waals surface area contributed by atoms with E-state index in [1.54, 1.807) is 5.56 Å². The van der Waals surface area contributed by atoms with Gasteiger partial charge in [-0.05, 0) is 95.0 Å². The molecule has 2 aliphatic rings. The van der Waals surface area contributed by atoms with E-state index in [0.29, 0.717) is 0 Å². The summed E-state index contributed by atoms with van der Waals surface area (Å²) in [5.74, 6) is 5.65. The van der Waals surface area contributed by atoms with Gasteiger partial charge in [-0.1, -0.05) is 98.8 Å². The molecule has 0 aliphatic heterocycles. The molecular formula is C39H45N3. The number of nitrogens with zero attached hydrogens (tertiary/aromatic N) is 3. The fourth-order valence-electron chi connectivity index (χ4n) is 8.09. The Balaban J connectivity index is 0.912. The molecule has 3 heteroatoms. The highest BCUT2D eigenvalue weighted by Gasteiger charge is 2.34. The summed E-state index contributed by atoms with van der Waals surface area (Å²) in [4.78, 5) is 11.9. The van der Waals surface area contributed by atoms with Gasteiger partial charge in [0.15, 0.2) is 0 Å². The lowest BCUT2D eigenvalue weighted by Crippen LogP contribution is -2.30. The van der Waals surface area contributed by atoms with Crippen LogP contribution in [0.3, 0.4) is 0 Å². The molecule has 5 aromatic rings. The largest absolute Gasteiger partial charge is 0.362 e. The van der Waals surface area contributed by atoms with Gasteiger partial charge in [0.1, 0.15) is 11.6 Å². The Morgan fingerprint density at radius 2 is 1.33 bits per heavy atom. The molecule has 0 spiro atoms. The molecule has 42 heavy (non-hydrogen) atoms. The maximum absolute atomic E-state index is 4.93. The van der Waals surface area contributed by atoms with Crippen LogP contribution in [0.4, 0.5) is 5.82 Å². The Kier molecular flexibility index (Phi) is 7.84. The summed E-state index contributed by atoms with van der Waals surface area (Å²) in [5, 5.41) is 6.82. The van der Waals surface area contributed by atoms with Gasteiger partial charge in [0.25, 0.3) is 0 Å². The lowest BCUT2D eigenvalue weighted by atomic mass is 9.65. The molecule has 2 fully saturated rings. The summed E-state index contributed by atoms with van der Waals surface area (Å²) in [6.07, 6.45) is 14.8. The zero-order valence-electron chi connectivity index (χ0n) is 25.4. The maximum Gasteiger partial charge on any atom is 0.139 e. The van der Waals surface area contributed by atoms with Gasteiger partial charge in [-0.25, -0.2) is 9.97 Å². The van der Waals surface area contributed by atoms with Gasteiger partial charge >= 0.3 is 0 Å². The Morgan fingerprint density at radius 3 is 2.10 bits per heavy atom. The van der Waals surface area contributed by atoms with Crippen LogP contribution < -0.4 is 4.90 Å². The van der Waals surface area contributed by atoms with Crippen molar-refractivity contribution in [1.82, 2.24) is 9.97 Å².